The van der Waals surface area contributed by atoms with Gasteiger partial charge in [-0.1, -0.05) is 48.5 Å². The molecule has 2 aromatic heterocycles. The van der Waals surface area contributed by atoms with Crippen molar-refractivity contribution in [3.63, 3.8) is 0 Å². The van der Waals surface area contributed by atoms with Crippen molar-refractivity contribution in [2.45, 2.75) is 44.1 Å². The highest BCUT2D eigenvalue weighted by Gasteiger charge is 2.36. The summed E-state index contributed by atoms with van der Waals surface area (Å²) in [6, 6.07) is 9.43. The van der Waals surface area contributed by atoms with Crippen molar-refractivity contribution in [3.05, 3.63) is 68.0 Å². The Kier molecular flexibility index (Phi) is 6.69. The van der Waals surface area contributed by atoms with Gasteiger partial charge in [-0.15, -0.1) is 16.4 Å². The van der Waals surface area contributed by atoms with Gasteiger partial charge in [-0.05, 0) is 48.9 Å². The van der Waals surface area contributed by atoms with Crippen molar-refractivity contribution in [1.29, 1.82) is 0 Å². The van der Waals surface area contributed by atoms with Crippen molar-refractivity contribution >= 4 is 46.6 Å². The molecule has 9 heteroatoms. The van der Waals surface area contributed by atoms with E-state index in [9.17, 15) is 4.79 Å². The first-order chi connectivity index (χ1) is 15.0. The van der Waals surface area contributed by atoms with Gasteiger partial charge in [-0.2, -0.15) is 4.98 Å². The van der Waals surface area contributed by atoms with E-state index in [-0.39, 0.29) is 12.0 Å². The zero-order chi connectivity index (χ0) is 22.0. The lowest BCUT2D eigenvalue weighted by Crippen LogP contribution is -2.29. The number of allylic oxidation sites excluding steroid dienone is 1. The summed E-state index contributed by atoms with van der Waals surface area (Å²) in [4.78, 5) is 18.7. The van der Waals surface area contributed by atoms with Gasteiger partial charge in [-0.25, -0.2) is 9.48 Å². The number of esters is 1. The number of hydrogen-bond donors (Lipinski definition) is 1. The molecule has 0 aliphatic carbocycles. The van der Waals surface area contributed by atoms with Gasteiger partial charge in [0, 0.05) is 21.3 Å². The van der Waals surface area contributed by atoms with Crippen LogP contribution < -0.4 is 5.32 Å². The molecular weight excluding hydrogens is 452 g/mol. The van der Waals surface area contributed by atoms with Gasteiger partial charge in [0.2, 0.25) is 11.1 Å². The average Bonchev–Trinajstić information content (AvgIpc) is 3.36. The van der Waals surface area contributed by atoms with Crippen LogP contribution in [0.15, 0.2) is 52.1 Å². The number of thiophene rings is 1. The van der Waals surface area contributed by atoms with Crippen molar-refractivity contribution in [2.75, 3.05) is 11.9 Å². The van der Waals surface area contributed by atoms with Crippen LogP contribution in [0.2, 0.25) is 5.02 Å². The van der Waals surface area contributed by atoms with Crippen molar-refractivity contribution in [1.82, 2.24) is 14.8 Å². The second kappa shape index (κ2) is 9.46. The Balaban J connectivity index is 1.68. The molecule has 3 aromatic rings. The Bertz CT molecular complexity index is 1140. The molecule has 0 bridgehead atoms. The zero-order valence-corrected chi connectivity index (χ0v) is 19.9. The van der Waals surface area contributed by atoms with Gasteiger partial charge in [0.1, 0.15) is 6.04 Å². The first-order valence-corrected chi connectivity index (χ1v) is 12.3. The third-order valence-corrected chi connectivity index (χ3v) is 7.28. The fraction of sp³-hybridized carbons (Fsp3) is 0.318. The third kappa shape index (κ3) is 4.51. The predicted octanol–water partition coefficient (Wildman–Crippen LogP) is 5.84. The van der Waals surface area contributed by atoms with Crippen LogP contribution in [0.1, 0.15) is 42.3 Å². The zero-order valence-electron chi connectivity index (χ0n) is 17.5. The van der Waals surface area contributed by atoms with Crippen LogP contribution >= 0.6 is 34.7 Å². The number of aryl methyl sites for hydroxylation is 1. The Morgan fingerprint density at radius 2 is 2.13 bits per heavy atom. The molecule has 4 rings (SSSR count). The van der Waals surface area contributed by atoms with Crippen LogP contribution in [0.25, 0.3) is 0 Å². The molecule has 0 fully saturated rings. The van der Waals surface area contributed by atoms with E-state index >= 15 is 0 Å². The van der Waals surface area contributed by atoms with Gasteiger partial charge < -0.3 is 10.1 Å². The number of nitrogens with one attached hydrogen (secondary N) is 1. The van der Waals surface area contributed by atoms with E-state index in [1.165, 1.54) is 11.8 Å². The number of ether oxygens (including phenoxy) is 1. The quantitative estimate of drug-likeness (QED) is 0.343. The third-order valence-electron chi connectivity index (χ3n) is 4.96. The monoisotopic (exact) mass is 474 g/mol. The maximum Gasteiger partial charge on any atom is 0.338 e. The molecule has 162 valence electrons. The van der Waals surface area contributed by atoms with Gasteiger partial charge in [0.05, 0.1) is 12.2 Å². The lowest BCUT2D eigenvalue weighted by molar-refractivity contribution is -0.139. The van der Waals surface area contributed by atoms with Crippen molar-refractivity contribution in [2.24, 2.45) is 0 Å². The second-order valence-corrected chi connectivity index (χ2v) is 9.51. The summed E-state index contributed by atoms with van der Waals surface area (Å²) >= 11 is 9.40. The highest BCUT2D eigenvalue weighted by Crippen LogP contribution is 2.40. The normalized spacial score (nSPS) is 15.5. The van der Waals surface area contributed by atoms with Crippen molar-refractivity contribution < 1.29 is 9.53 Å². The standard InChI is InChI=1S/C22H23ClN4O2S2/c1-4-10-29-20(28)17-14(3)24-21-25-22(31-12-15-7-5-6-8-16(15)23)26-27(21)18(17)19-13(2)9-11-30-19/h5-9,11,18H,4,10,12H2,1-3H3,(H,24,25,26). The first kappa shape index (κ1) is 21.9. The number of aromatic nitrogens is 3. The van der Waals surface area contributed by atoms with Gasteiger partial charge >= 0.3 is 5.97 Å². The minimum Gasteiger partial charge on any atom is -0.462 e. The Morgan fingerprint density at radius 3 is 2.84 bits per heavy atom. The van der Waals surface area contributed by atoms with Crippen LogP contribution in [0.4, 0.5) is 5.95 Å². The molecular formula is C22H23ClN4O2S2. The molecule has 3 heterocycles. The molecule has 1 N–H and O–H groups in total. The lowest BCUT2D eigenvalue weighted by Gasteiger charge is -2.27. The van der Waals surface area contributed by atoms with Crippen LogP contribution in [-0.4, -0.2) is 27.3 Å². The lowest BCUT2D eigenvalue weighted by atomic mass is 10.00. The number of nitrogens with zero attached hydrogens (tertiary/aromatic N) is 3. The fourth-order valence-electron chi connectivity index (χ4n) is 3.39. The number of hydrogen-bond acceptors (Lipinski definition) is 7. The highest BCUT2D eigenvalue weighted by atomic mass is 35.5. The molecule has 31 heavy (non-hydrogen) atoms. The molecule has 0 radical (unpaired) electrons. The maximum atomic E-state index is 13.0. The van der Waals surface area contributed by atoms with Gasteiger partial charge in [-0.3, -0.25) is 0 Å². The second-order valence-electron chi connectivity index (χ2n) is 7.21. The summed E-state index contributed by atoms with van der Waals surface area (Å²) in [5, 5.41) is 11.4. The van der Waals surface area contributed by atoms with E-state index in [1.807, 2.05) is 50.4 Å². The van der Waals surface area contributed by atoms with Crippen LogP contribution in [-0.2, 0) is 15.3 Å². The molecule has 1 aliphatic rings. The summed E-state index contributed by atoms with van der Waals surface area (Å²) < 4.78 is 7.29. The molecule has 0 spiro atoms. The van der Waals surface area contributed by atoms with Gasteiger partial charge in [0.25, 0.3) is 0 Å². The number of halogens is 1. The highest BCUT2D eigenvalue weighted by molar-refractivity contribution is 7.98. The van der Waals surface area contributed by atoms with E-state index in [0.29, 0.717) is 29.0 Å². The molecule has 0 saturated heterocycles. The summed E-state index contributed by atoms with van der Waals surface area (Å²) in [6.07, 6.45) is 0.769. The SMILES string of the molecule is CCCOC(=O)C1=C(C)Nc2nc(SCc3ccccc3Cl)nn2C1c1sccc1C. The summed E-state index contributed by atoms with van der Waals surface area (Å²) in [6.45, 7) is 6.29. The molecule has 0 amide bonds. The topological polar surface area (TPSA) is 69.0 Å². The summed E-state index contributed by atoms with van der Waals surface area (Å²) in [7, 11) is 0. The van der Waals surface area contributed by atoms with Gasteiger partial charge in [0.15, 0.2) is 0 Å². The smallest absolute Gasteiger partial charge is 0.338 e. The number of carbonyl (C=O) groups is 1. The molecule has 6 nitrogen and oxygen atoms in total. The van der Waals surface area contributed by atoms with E-state index in [2.05, 4.69) is 16.4 Å². The average molecular weight is 475 g/mol. The summed E-state index contributed by atoms with van der Waals surface area (Å²) in [5.41, 5.74) is 3.44. The molecule has 1 atom stereocenters. The van der Waals surface area contributed by atoms with Crippen molar-refractivity contribution in [3.8, 4) is 0 Å². The molecule has 1 aromatic carbocycles. The Labute approximate surface area is 194 Å². The molecule has 0 saturated carbocycles. The Morgan fingerprint density at radius 1 is 1.32 bits per heavy atom. The predicted molar refractivity (Wildman–Crippen MR) is 126 cm³/mol. The van der Waals surface area contributed by atoms with E-state index < -0.39 is 0 Å². The number of thioether (sulfide) groups is 1. The number of benzene rings is 1. The van der Waals surface area contributed by atoms with Crippen LogP contribution in [0.3, 0.4) is 0 Å². The minimum atomic E-state index is -0.372. The first-order valence-electron chi connectivity index (χ1n) is 10.0. The summed E-state index contributed by atoms with van der Waals surface area (Å²) in [5.74, 6) is 0.948. The largest absolute Gasteiger partial charge is 0.462 e. The van der Waals surface area contributed by atoms with Crippen LogP contribution in [0, 0.1) is 6.92 Å². The number of fused-ring (bicyclic) bond motifs is 1. The van der Waals surface area contributed by atoms with E-state index in [0.717, 1.165) is 33.1 Å². The molecule has 1 unspecified atom stereocenters. The fourth-order valence-corrected chi connectivity index (χ4v) is 5.53. The van der Waals surface area contributed by atoms with E-state index in [4.69, 9.17) is 21.4 Å². The minimum absolute atomic E-state index is 0.323. The van der Waals surface area contributed by atoms with E-state index in [1.54, 1.807) is 16.0 Å². The maximum absolute atomic E-state index is 13.0. The number of anilines is 1. The number of carbonyl (C=O) groups excluding carboxylic acids is 1. The Hall–Kier alpha value is -2.29. The van der Waals surface area contributed by atoms with Crippen LogP contribution in [0.5, 0.6) is 0 Å². The number of rotatable bonds is 7. The molecule has 1 aliphatic heterocycles.